The average Bonchev–Trinajstić information content (AvgIpc) is 3.46. The average molecular weight is 965 g/mol. The minimum absolute atomic E-state index is 1.07. The SMILES string of the molecule is CCCCCCCCc1ccc2ccccc2c1-c1c(CCCCCCCC)cc(-c2ccc(N(c3ccccc3)c3ccc(-c4ccc(N(c5ccccc5)c5ccccc5)cc4)cc3)cc2)c2ccccc12. The van der Waals surface area contributed by atoms with Gasteiger partial charge in [0.2, 0.25) is 0 Å². The number of nitrogens with zero attached hydrogens (tertiary/aromatic N) is 2. The third-order valence-electron chi connectivity index (χ3n) is 15.1. The van der Waals surface area contributed by atoms with Gasteiger partial charge >= 0.3 is 0 Å². The van der Waals surface area contributed by atoms with Gasteiger partial charge in [-0.2, -0.15) is 0 Å². The van der Waals surface area contributed by atoms with E-state index in [1.807, 2.05) is 0 Å². The van der Waals surface area contributed by atoms with Crippen LogP contribution in [-0.2, 0) is 12.8 Å². The quantitative estimate of drug-likeness (QED) is 0.0590. The highest BCUT2D eigenvalue weighted by atomic mass is 15.1. The summed E-state index contributed by atoms with van der Waals surface area (Å²) in [6.45, 7) is 4.62. The highest BCUT2D eigenvalue weighted by Gasteiger charge is 2.21. The molecule has 0 amide bonds. The van der Waals surface area contributed by atoms with E-state index in [9.17, 15) is 0 Å². The molecule has 0 saturated heterocycles. The Bertz CT molecular complexity index is 3280. The maximum atomic E-state index is 2.58. The van der Waals surface area contributed by atoms with Crippen molar-refractivity contribution in [1.82, 2.24) is 0 Å². The zero-order valence-electron chi connectivity index (χ0n) is 43.7. The predicted octanol–water partition coefficient (Wildman–Crippen LogP) is 21.7. The van der Waals surface area contributed by atoms with Gasteiger partial charge in [-0.15, -0.1) is 0 Å². The number of hydrogen-bond donors (Lipinski definition) is 0. The Kier molecular flexibility index (Phi) is 16.7. The molecule has 0 atom stereocenters. The standard InChI is InChI=1S/C72H72N2/c1-3-5-7-9-11-16-29-59-41-40-57-28-24-25-37-67(57)71(59)72-60(30-17-12-10-8-6-4-2)54-70(68-38-26-27-39-69(68)72)58-46-52-66(53-47-58)74(63-35-22-15-23-36-63)65-50-44-56(45-51-65)55-42-48-64(49-43-55)73(61-31-18-13-19-32-61)62-33-20-14-21-34-62/h13-15,18-28,31-54H,3-12,16-17,29-30H2,1-2H3. The first kappa shape index (κ1) is 49.9. The third-order valence-corrected chi connectivity index (χ3v) is 15.1. The van der Waals surface area contributed by atoms with Crippen LogP contribution in [0.5, 0.6) is 0 Å². The first-order valence-electron chi connectivity index (χ1n) is 27.8. The van der Waals surface area contributed by atoms with E-state index in [4.69, 9.17) is 0 Å². The molecule has 0 heterocycles. The number of fused-ring (bicyclic) bond motifs is 2. The lowest BCUT2D eigenvalue weighted by Crippen LogP contribution is -2.10. The molecule has 0 bridgehead atoms. The van der Waals surface area contributed by atoms with E-state index in [1.54, 1.807) is 0 Å². The van der Waals surface area contributed by atoms with Crippen LogP contribution in [-0.4, -0.2) is 0 Å². The summed E-state index contributed by atoms with van der Waals surface area (Å²) in [6.07, 6.45) is 17.7. The largest absolute Gasteiger partial charge is 0.311 e. The Morgan fingerprint density at radius 3 is 1.12 bits per heavy atom. The Hall–Kier alpha value is -7.68. The lowest BCUT2D eigenvalue weighted by atomic mass is 9.82. The van der Waals surface area contributed by atoms with Crippen molar-refractivity contribution in [3.63, 3.8) is 0 Å². The highest BCUT2D eigenvalue weighted by Crippen LogP contribution is 2.45. The van der Waals surface area contributed by atoms with Crippen LogP contribution in [0.25, 0.3) is 54.9 Å². The summed E-state index contributed by atoms with van der Waals surface area (Å²) < 4.78 is 0. The molecule has 74 heavy (non-hydrogen) atoms. The molecule has 10 rings (SSSR count). The second-order valence-electron chi connectivity index (χ2n) is 20.2. The van der Waals surface area contributed by atoms with Gasteiger partial charge in [0.15, 0.2) is 0 Å². The molecule has 0 aliphatic heterocycles. The molecule has 370 valence electrons. The smallest absolute Gasteiger partial charge is 0.0462 e. The summed E-state index contributed by atoms with van der Waals surface area (Å²) in [7, 11) is 0. The van der Waals surface area contributed by atoms with Gasteiger partial charge in [-0.1, -0.05) is 230 Å². The molecule has 2 heteroatoms. The molecule has 0 unspecified atom stereocenters. The number of hydrogen-bond acceptors (Lipinski definition) is 2. The number of unbranched alkanes of at least 4 members (excludes halogenated alkanes) is 10. The summed E-state index contributed by atoms with van der Waals surface area (Å²) >= 11 is 0. The molecule has 0 aliphatic carbocycles. The minimum Gasteiger partial charge on any atom is -0.311 e. The van der Waals surface area contributed by atoms with Crippen LogP contribution in [0.1, 0.15) is 102 Å². The van der Waals surface area contributed by atoms with E-state index in [0.717, 1.165) is 47.0 Å². The molecule has 0 N–H and O–H groups in total. The molecule has 0 aliphatic rings. The van der Waals surface area contributed by atoms with Crippen LogP contribution >= 0.6 is 0 Å². The third kappa shape index (κ3) is 11.6. The Labute approximate surface area is 442 Å². The number of rotatable bonds is 23. The lowest BCUT2D eigenvalue weighted by Gasteiger charge is -2.26. The maximum Gasteiger partial charge on any atom is 0.0462 e. The van der Waals surface area contributed by atoms with Gasteiger partial charge in [0.1, 0.15) is 0 Å². The topological polar surface area (TPSA) is 6.48 Å². The van der Waals surface area contributed by atoms with Crippen molar-refractivity contribution in [3.05, 3.63) is 242 Å². The van der Waals surface area contributed by atoms with Crippen molar-refractivity contribution in [2.24, 2.45) is 0 Å². The lowest BCUT2D eigenvalue weighted by molar-refractivity contribution is 0.607. The van der Waals surface area contributed by atoms with E-state index < -0.39 is 0 Å². The molecule has 0 fully saturated rings. The highest BCUT2D eigenvalue weighted by molar-refractivity contribution is 6.12. The molecule has 10 aromatic carbocycles. The number of aryl methyl sites for hydroxylation is 2. The molecule has 0 aromatic heterocycles. The monoisotopic (exact) mass is 965 g/mol. The molecule has 0 spiro atoms. The van der Waals surface area contributed by atoms with Gasteiger partial charge in [0.05, 0.1) is 0 Å². The van der Waals surface area contributed by atoms with Crippen LogP contribution < -0.4 is 9.80 Å². The van der Waals surface area contributed by atoms with Crippen LogP contribution in [0.4, 0.5) is 34.1 Å². The minimum atomic E-state index is 1.07. The Morgan fingerprint density at radius 1 is 0.270 bits per heavy atom. The fourth-order valence-corrected chi connectivity index (χ4v) is 11.2. The zero-order valence-corrected chi connectivity index (χ0v) is 43.7. The molecule has 0 radical (unpaired) electrons. The number of anilines is 6. The van der Waals surface area contributed by atoms with Crippen LogP contribution in [0, 0.1) is 0 Å². The molecule has 10 aromatic rings. The van der Waals surface area contributed by atoms with Gasteiger partial charge in [-0.05, 0) is 171 Å². The first-order chi connectivity index (χ1) is 36.7. The fourth-order valence-electron chi connectivity index (χ4n) is 11.2. The van der Waals surface area contributed by atoms with E-state index in [1.165, 1.54) is 143 Å². The van der Waals surface area contributed by atoms with E-state index in [0.29, 0.717) is 0 Å². The number of benzene rings is 10. The van der Waals surface area contributed by atoms with E-state index in [2.05, 4.69) is 254 Å². The summed E-state index contributed by atoms with van der Waals surface area (Å²) in [5, 5.41) is 5.38. The predicted molar refractivity (Wildman–Crippen MR) is 321 cm³/mol. The molecule has 0 saturated carbocycles. The first-order valence-corrected chi connectivity index (χ1v) is 27.8. The van der Waals surface area contributed by atoms with Crippen molar-refractivity contribution in [2.75, 3.05) is 9.80 Å². The summed E-state index contributed by atoms with van der Waals surface area (Å²) in [6, 6.07) is 85.1. The zero-order chi connectivity index (χ0) is 50.3. The molecule has 2 nitrogen and oxygen atoms in total. The maximum absolute atomic E-state index is 2.58. The van der Waals surface area contributed by atoms with Crippen molar-refractivity contribution < 1.29 is 0 Å². The Morgan fingerprint density at radius 2 is 0.635 bits per heavy atom. The van der Waals surface area contributed by atoms with Gasteiger partial charge in [0.25, 0.3) is 0 Å². The van der Waals surface area contributed by atoms with E-state index >= 15 is 0 Å². The van der Waals surface area contributed by atoms with Gasteiger partial charge in [-0.25, -0.2) is 0 Å². The van der Waals surface area contributed by atoms with Gasteiger partial charge in [0, 0.05) is 34.1 Å². The van der Waals surface area contributed by atoms with Crippen LogP contribution in [0.2, 0.25) is 0 Å². The second kappa shape index (κ2) is 24.8. The van der Waals surface area contributed by atoms with Gasteiger partial charge < -0.3 is 9.80 Å². The van der Waals surface area contributed by atoms with Gasteiger partial charge in [-0.3, -0.25) is 0 Å². The van der Waals surface area contributed by atoms with Crippen LogP contribution in [0.3, 0.4) is 0 Å². The van der Waals surface area contributed by atoms with Crippen molar-refractivity contribution in [2.45, 2.75) is 104 Å². The molecular weight excluding hydrogens is 893 g/mol. The Balaban J connectivity index is 0.989. The second-order valence-corrected chi connectivity index (χ2v) is 20.2. The molecular formula is C72H72N2. The number of para-hydroxylation sites is 3. The summed E-state index contributed by atoms with van der Waals surface area (Å²) in [5.74, 6) is 0. The van der Waals surface area contributed by atoms with Crippen LogP contribution in [0.15, 0.2) is 231 Å². The van der Waals surface area contributed by atoms with E-state index in [-0.39, 0.29) is 0 Å². The fraction of sp³-hybridized carbons (Fsp3) is 0.222. The normalized spacial score (nSPS) is 11.3. The van der Waals surface area contributed by atoms with Crippen molar-refractivity contribution >= 4 is 55.7 Å². The summed E-state index contributed by atoms with van der Waals surface area (Å²) in [5.41, 5.74) is 17.5. The van der Waals surface area contributed by atoms with Crippen molar-refractivity contribution in [1.29, 1.82) is 0 Å². The summed E-state index contributed by atoms with van der Waals surface area (Å²) in [4.78, 5) is 4.69. The van der Waals surface area contributed by atoms with Crippen molar-refractivity contribution in [3.8, 4) is 33.4 Å².